The summed E-state index contributed by atoms with van der Waals surface area (Å²) in [5.41, 5.74) is 1.72. The highest BCUT2D eigenvalue weighted by atomic mass is 35.5. The Balaban J connectivity index is 1.76. The first kappa shape index (κ1) is 20.3. The van der Waals surface area contributed by atoms with E-state index in [1.54, 1.807) is 41.8 Å². The molecule has 2 aromatic heterocycles. The van der Waals surface area contributed by atoms with Gasteiger partial charge in [-0.05, 0) is 29.1 Å². The summed E-state index contributed by atoms with van der Waals surface area (Å²) >= 11 is 8.51. The van der Waals surface area contributed by atoms with E-state index in [9.17, 15) is 14.4 Å². The molecule has 0 saturated heterocycles. The molecule has 28 heavy (non-hydrogen) atoms. The van der Waals surface area contributed by atoms with Gasteiger partial charge in [-0.25, -0.2) is 4.79 Å². The second-order valence-corrected chi connectivity index (χ2v) is 8.06. The van der Waals surface area contributed by atoms with Crippen LogP contribution in [0.15, 0.2) is 47.2 Å². The number of Topliss-reactive ketones (excluding diaryl/α,β-unsaturated/α-hetero) is 1. The lowest BCUT2D eigenvalue weighted by atomic mass is 10.0. The monoisotopic (exact) mass is 433 g/mol. The van der Waals surface area contributed by atoms with Gasteiger partial charge in [0.1, 0.15) is 10.6 Å². The Kier molecular flexibility index (Phi) is 6.61. The molecule has 0 saturated carbocycles. The molecule has 0 bridgehead atoms. The molecule has 2 heterocycles. The number of carbonyl (C=O) groups is 3. The summed E-state index contributed by atoms with van der Waals surface area (Å²) in [7, 11) is 1.29. The third kappa shape index (κ3) is 4.67. The highest BCUT2D eigenvalue weighted by molar-refractivity contribution is 7.15. The van der Waals surface area contributed by atoms with E-state index in [1.165, 1.54) is 29.8 Å². The number of thiophene rings is 2. The van der Waals surface area contributed by atoms with Crippen LogP contribution in [0.3, 0.4) is 0 Å². The molecule has 0 aliphatic rings. The molecule has 3 rings (SSSR count). The summed E-state index contributed by atoms with van der Waals surface area (Å²) in [6.45, 7) is 0. The highest BCUT2D eigenvalue weighted by Crippen LogP contribution is 2.36. The summed E-state index contributed by atoms with van der Waals surface area (Å²) in [5.74, 6) is -0.956. The molecule has 1 amide bonds. The predicted molar refractivity (Wildman–Crippen MR) is 113 cm³/mol. The lowest BCUT2D eigenvalue weighted by Gasteiger charge is -2.08. The third-order valence-corrected chi connectivity index (χ3v) is 6.02. The SMILES string of the molecule is COC(=O)c1c(-c2ccc(Cl)cc2)csc1NC(=O)CCC(=O)c1cccs1. The molecule has 1 N–H and O–H groups in total. The first-order chi connectivity index (χ1) is 13.5. The van der Waals surface area contributed by atoms with Crippen molar-refractivity contribution < 1.29 is 19.1 Å². The Hall–Kier alpha value is -2.48. The van der Waals surface area contributed by atoms with Crippen LogP contribution in [-0.2, 0) is 9.53 Å². The van der Waals surface area contributed by atoms with E-state index in [1.807, 2.05) is 5.38 Å². The third-order valence-electron chi connectivity index (χ3n) is 3.96. The van der Waals surface area contributed by atoms with Gasteiger partial charge in [0.25, 0.3) is 0 Å². The summed E-state index contributed by atoms with van der Waals surface area (Å²) in [6.07, 6.45) is 0.140. The molecular weight excluding hydrogens is 418 g/mol. The largest absolute Gasteiger partial charge is 0.465 e. The quantitative estimate of drug-likeness (QED) is 0.393. The van der Waals surface area contributed by atoms with E-state index in [2.05, 4.69) is 5.32 Å². The Labute approximate surface area is 174 Å². The zero-order chi connectivity index (χ0) is 20.1. The van der Waals surface area contributed by atoms with Gasteiger partial charge < -0.3 is 10.1 Å². The minimum Gasteiger partial charge on any atom is -0.465 e. The molecule has 1 aromatic carbocycles. The van der Waals surface area contributed by atoms with Gasteiger partial charge in [0.05, 0.1) is 12.0 Å². The van der Waals surface area contributed by atoms with Crippen LogP contribution in [-0.4, -0.2) is 24.8 Å². The Bertz CT molecular complexity index is 994. The maximum absolute atomic E-state index is 12.3. The lowest BCUT2D eigenvalue weighted by Crippen LogP contribution is -2.15. The average Bonchev–Trinajstić information content (AvgIpc) is 3.36. The lowest BCUT2D eigenvalue weighted by molar-refractivity contribution is -0.116. The summed E-state index contributed by atoms with van der Waals surface area (Å²) < 4.78 is 4.89. The van der Waals surface area contributed by atoms with Crippen molar-refractivity contribution in [3.63, 3.8) is 0 Å². The van der Waals surface area contributed by atoms with Crippen LogP contribution in [0.2, 0.25) is 5.02 Å². The van der Waals surface area contributed by atoms with Crippen LogP contribution in [0, 0.1) is 0 Å². The number of ether oxygens (including phenoxy) is 1. The van der Waals surface area contributed by atoms with Gasteiger partial charge in [0, 0.05) is 28.8 Å². The number of nitrogens with one attached hydrogen (secondary N) is 1. The van der Waals surface area contributed by atoms with Gasteiger partial charge in [-0.15, -0.1) is 22.7 Å². The van der Waals surface area contributed by atoms with E-state index in [4.69, 9.17) is 16.3 Å². The molecule has 0 spiro atoms. The Morgan fingerprint density at radius 1 is 1.07 bits per heavy atom. The Morgan fingerprint density at radius 3 is 2.46 bits per heavy atom. The van der Waals surface area contributed by atoms with Crippen LogP contribution in [0.1, 0.15) is 32.9 Å². The standard InChI is InChI=1S/C20H16ClNO4S2/c1-26-20(25)18-14(12-4-6-13(21)7-5-12)11-28-19(18)22-17(24)9-8-15(23)16-3-2-10-27-16/h2-7,10-11H,8-9H2,1H3,(H,22,24). The second-order valence-electron chi connectivity index (χ2n) is 5.80. The normalized spacial score (nSPS) is 10.5. The molecule has 0 atom stereocenters. The zero-order valence-corrected chi connectivity index (χ0v) is 17.2. The molecule has 8 heteroatoms. The highest BCUT2D eigenvalue weighted by Gasteiger charge is 2.22. The molecule has 0 aliphatic heterocycles. The van der Waals surface area contributed by atoms with E-state index >= 15 is 0 Å². The van der Waals surface area contributed by atoms with E-state index in [-0.39, 0.29) is 30.1 Å². The number of hydrogen-bond acceptors (Lipinski definition) is 6. The average molecular weight is 434 g/mol. The summed E-state index contributed by atoms with van der Waals surface area (Å²) in [6, 6.07) is 10.6. The molecule has 3 aromatic rings. The fraction of sp³-hybridized carbons (Fsp3) is 0.150. The summed E-state index contributed by atoms with van der Waals surface area (Å²) in [4.78, 5) is 37.3. The first-order valence-electron chi connectivity index (χ1n) is 8.32. The van der Waals surface area contributed by atoms with Crippen molar-refractivity contribution in [2.45, 2.75) is 12.8 Å². The van der Waals surface area contributed by atoms with Crippen LogP contribution in [0.4, 0.5) is 5.00 Å². The minimum atomic E-state index is -0.545. The zero-order valence-electron chi connectivity index (χ0n) is 14.9. The number of rotatable bonds is 7. The molecule has 5 nitrogen and oxygen atoms in total. The number of carbonyl (C=O) groups excluding carboxylic acids is 3. The van der Waals surface area contributed by atoms with Gasteiger partial charge in [-0.3, -0.25) is 9.59 Å². The van der Waals surface area contributed by atoms with Crippen molar-refractivity contribution in [2.24, 2.45) is 0 Å². The van der Waals surface area contributed by atoms with Crippen molar-refractivity contribution in [1.29, 1.82) is 0 Å². The van der Waals surface area contributed by atoms with Crippen LogP contribution < -0.4 is 5.32 Å². The van der Waals surface area contributed by atoms with Crippen molar-refractivity contribution in [1.82, 2.24) is 0 Å². The minimum absolute atomic E-state index is 0.0333. The number of methoxy groups -OCH3 is 1. The molecule has 0 aliphatic carbocycles. The maximum atomic E-state index is 12.3. The number of anilines is 1. The van der Waals surface area contributed by atoms with Crippen molar-refractivity contribution in [3.8, 4) is 11.1 Å². The maximum Gasteiger partial charge on any atom is 0.341 e. The van der Waals surface area contributed by atoms with Crippen LogP contribution in [0.5, 0.6) is 0 Å². The first-order valence-corrected chi connectivity index (χ1v) is 10.5. The number of hydrogen-bond donors (Lipinski definition) is 1. The van der Waals surface area contributed by atoms with Gasteiger partial charge in [0.15, 0.2) is 5.78 Å². The van der Waals surface area contributed by atoms with E-state index < -0.39 is 5.97 Å². The Morgan fingerprint density at radius 2 is 1.82 bits per heavy atom. The smallest absolute Gasteiger partial charge is 0.341 e. The van der Waals surface area contributed by atoms with Gasteiger partial charge in [-0.2, -0.15) is 0 Å². The van der Waals surface area contributed by atoms with E-state index in [0.29, 0.717) is 20.5 Å². The topological polar surface area (TPSA) is 72.5 Å². The van der Waals surface area contributed by atoms with Crippen LogP contribution >= 0.6 is 34.3 Å². The molecular formula is C20H16ClNO4S2. The predicted octanol–water partition coefficient (Wildman–Crippen LogP) is 5.52. The van der Waals surface area contributed by atoms with Crippen molar-refractivity contribution >= 4 is 56.9 Å². The van der Waals surface area contributed by atoms with E-state index in [0.717, 1.165) is 5.56 Å². The summed E-state index contributed by atoms with van der Waals surface area (Å²) in [5, 5.41) is 7.31. The fourth-order valence-electron chi connectivity index (χ4n) is 2.57. The van der Waals surface area contributed by atoms with Gasteiger partial charge in [0.2, 0.25) is 5.91 Å². The number of amides is 1. The molecule has 0 fully saturated rings. The van der Waals surface area contributed by atoms with Gasteiger partial charge in [-0.1, -0.05) is 29.8 Å². The number of esters is 1. The van der Waals surface area contributed by atoms with Crippen molar-refractivity contribution in [2.75, 3.05) is 12.4 Å². The fourth-order valence-corrected chi connectivity index (χ4v) is 4.37. The number of benzene rings is 1. The number of ketones is 1. The number of halogens is 1. The van der Waals surface area contributed by atoms with Crippen molar-refractivity contribution in [3.05, 3.63) is 62.6 Å². The molecule has 0 radical (unpaired) electrons. The molecule has 144 valence electrons. The molecule has 0 unspecified atom stereocenters. The van der Waals surface area contributed by atoms with Crippen LogP contribution in [0.25, 0.3) is 11.1 Å². The van der Waals surface area contributed by atoms with Gasteiger partial charge >= 0.3 is 5.97 Å². The second kappa shape index (κ2) is 9.14.